The van der Waals surface area contributed by atoms with Crippen molar-refractivity contribution in [1.29, 1.82) is 0 Å². The lowest BCUT2D eigenvalue weighted by atomic mass is 10.2. The van der Waals surface area contributed by atoms with Crippen molar-refractivity contribution < 1.29 is 19.1 Å². The average molecular weight is 327 g/mol. The van der Waals surface area contributed by atoms with Gasteiger partial charge in [0.1, 0.15) is 11.5 Å². The summed E-state index contributed by atoms with van der Waals surface area (Å²) in [5.41, 5.74) is 0.558. The topological polar surface area (TPSA) is 55.8 Å². The molecule has 0 aliphatic heterocycles. The van der Waals surface area contributed by atoms with Gasteiger partial charge >= 0.3 is 5.97 Å². The molecule has 0 radical (unpaired) electrons. The van der Waals surface area contributed by atoms with E-state index in [4.69, 9.17) is 4.74 Å². The summed E-state index contributed by atoms with van der Waals surface area (Å²) in [5, 5.41) is 0. The van der Waals surface area contributed by atoms with Gasteiger partial charge in [-0.05, 0) is 43.3 Å². The van der Waals surface area contributed by atoms with Gasteiger partial charge in [-0.15, -0.1) is 0 Å². The second-order valence-electron chi connectivity index (χ2n) is 5.15. The molecule has 0 aliphatic rings. The predicted molar refractivity (Wildman–Crippen MR) is 91.2 cm³/mol. The minimum atomic E-state index is -0.326. The maximum absolute atomic E-state index is 12.5. The number of carbonyl (C=O) groups is 2. The van der Waals surface area contributed by atoms with E-state index < -0.39 is 0 Å². The first-order valence-corrected chi connectivity index (χ1v) is 7.83. The standard InChI is InChI=1S/C19H21NO4/c1-3-20(14-13-18(21)23-2)19(22)15-9-11-17(12-10-15)24-16-7-5-4-6-8-16/h4-12H,3,13-14H2,1-2H3. The van der Waals surface area contributed by atoms with Gasteiger partial charge in [-0.3, -0.25) is 9.59 Å². The van der Waals surface area contributed by atoms with Gasteiger partial charge in [0.25, 0.3) is 5.91 Å². The summed E-state index contributed by atoms with van der Waals surface area (Å²) < 4.78 is 10.3. The third-order valence-corrected chi connectivity index (χ3v) is 3.56. The van der Waals surface area contributed by atoms with Gasteiger partial charge in [-0.25, -0.2) is 0 Å². The fraction of sp³-hybridized carbons (Fsp3) is 0.263. The van der Waals surface area contributed by atoms with E-state index in [1.54, 1.807) is 29.2 Å². The SMILES string of the molecule is CCN(CCC(=O)OC)C(=O)c1ccc(Oc2ccccc2)cc1. The number of hydrogen-bond donors (Lipinski definition) is 0. The van der Waals surface area contributed by atoms with E-state index in [2.05, 4.69) is 4.74 Å². The zero-order chi connectivity index (χ0) is 17.4. The van der Waals surface area contributed by atoms with Crippen molar-refractivity contribution >= 4 is 11.9 Å². The van der Waals surface area contributed by atoms with Gasteiger partial charge in [0.05, 0.1) is 13.5 Å². The van der Waals surface area contributed by atoms with Crippen LogP contribution in [0.5, 0.6) is 11.5 Å². The van der Waals surface area contributed by atoms with Crippen LogP contribution in [0.25, 0.3) is 0 Å². The number of rotatable bonds is 7. The minimum Gasteiger partial charge on any atom is -0.469 e. The molecule has 0 aromatic heterocycles. The molecule has 2 aromatic rings. The molecular formula is C19H21NO4. The van der Waals surface area contributed by atoms with E-state index in [1.807, 2.05) is 37.3 Å². The molecule has 126 valence electrons. The van der Waals surface area contributed by atoms with Crippen LogP contribution >= 0.6 is 0 Å². The van der Waals surface area contributed by atoms with Crippen molar-refractivity contribution in [2.24, 2.45) is 0 Å². The lowest BCUT2D eigenvalue weighted by molar-refractivity contribution is -0.140. The molecular weight excluding hydrogens is 306 g/mol. The van der Waals surface area contributed by atoms with Crippen LogP contribution in [-0.4, -0.2) is 37.0 Å². The summed E-state index contributed by atoms with van der Waals surface area (Å²) in [6.07, 6.45) is 0.186. The molecule has 24 heavy (non-hydrogen) atoms. The Balaban J connectivity index is 2.00. The summed E-state index contributed by atoms with van der Waals surface area (Å²) >= 11 is 0. The largest absolute Gasteiger partial charge is 0.469 e. The molecule has 5 heteroatoms. The Morgan fingerprint density at radius 3 is 2.17 bits per heavy atom. The molecule has 0 saturated heterocycles. The van der Waals surface area contributed by atoms with Crippen molar-refractivity contribution in [3.63, 3.8) is 0 Å². The first-order chi connectivity index (χ1) is 11.6. The summed E-state index contributed by atoms with van der Waals surface area (Å²) in [6, 6.07) is 16.4. The van der Waals surface area contributed by atoms with Crippen LogP contribution in [-0.2, 0) is 9.53 Å². The monoisotopic (exact) mass is 327 g/mol. The fourth-order valence-electron chi connectivity index (χ4n) is 2.20. The van der Waals surface area contributed by atoms with Crippen LogP contribution in [0, 0.1) is 0 Å². The van der Waals surface area contributed by atoms with E-state index >= 15 is 0 Å². The number of para-hydroxylation sites is 1. The van der Waals surface area contributed by atoms with Crippen molar-refractivity contribution in [3.8, 4) is 11.5 Å². The first-order valence-electron chi connectivity index (χ1n) is 7.83. The van der Waals surface area contributed by atoms with E-state index in [0.717, 1.165) is 5.75 Å². The molecule has 2 rings (SSSR count). The summed E-state index contributed by atoms with van der Waals surface area (Å²) in [7, 11) is 1.34. The number of hydrogen-bond acceptors (Lipinski definition) is 4. The van der Waals surface area contributed by atoms with E-state index in [0.29, 0.717) is 24.4 Å². The Kier molecular flexibility index (Phi) is 6.37. The molecule has 0 unspecified atom stereocenters. The van der Waals surface area contributed by atoms with Gasteiger partial charge in [-0.1, -0.05) is 18.2 Å². The summed E-state index contributed by atoms with van der Waals surface area (Å²) in [4.78, 5) is 25.3. The van der Waals surface area contributed by atoms with E-state index in [-0.39, 0.29) is 18.3 Å². The van der Waals surface area contributed by atoms with Crippen LogP contribution in [0.1, 0.15) is 23.7 Å². The zero-order valence-corrected chi connectivity index (χ0v) is 13.9. The number of methoxy groups -OCH3 is 1. The van der Waals surface area contributed by atoms with Gasteiger partial charge in [-0.2, -0.15) is 0 Å². The fourth-order valence-corrected chi connectivity index (χ4v) is 2.20. The number of carbonyl (C=O) groups excluding carboxylic acids is 2. The van der Waals surface area contributed by atoms with Crippen LogP contribution in [0.2, 0.25) is 0 Å². The number of amides is 1. The van der Waals surface area contributed by atoms with E-state index in [9.17, 15) is 9.59 Å². The van der Waals surface area contributed by atoms with Gasteiger partial charge in [0.15, 0.2) is 0 Å². The Labute approximate surface area is 141 Å². The molecule has 0 atom stereocenters. The van der Waals surface area contributed by atoms with Crippen molar-refractivity contribution in [2.75, 3.05) is 20.2 Å². The van der Waals surface area contributed by atoms with Crippen molar-refractivity contribution in [1.82, 2.24) is 4.90 Å². The zero-order valence-electron chi connectivity index (χ0n) is 13.9. The second-order valence-corrected chi connectivity index (χ2v) is 5.15. The molecule has 0 heterocycles. The minimum absolute atomic E-state index is 0.118. The number of ether oxygens (including phenoxy) is 2. The second kappa shape index (κ2) is 8.72. The Morgan fingerprint density at radius 1 is 0.958 bits per heavy atom. The maximum Gasteiger partial charge on any atom is 0.307 e. The van der Waals surface area contributed by atoms with Crippen LogP contribution in [0.15, 0.2) is 54.6 Å². The first kappa shape index (κ1) is 17.5. The molecule has 0 bridgehead atoms. The van der Waals surface area contributed by atoms with Gasteiger partial charge in [0, 0.05) is 18.7 Å². The van der Waals surface area contributed by atoms with Crippen molar-refractivity contribution in [3.05, 3.63) is 60.2 Å². The molecule has 0 saturated carbocycles. The smallest absolute Gasteiger partial charge is 0.307 e. The third kappa shape index (κ3) is 4.84. The van der Waals surface area contributed by atoms with Crippen LogP contribution in [0.3, 0.4) is 0 Å². The Hall–Kier alpha value is -2.82. The highest BCUT2D eigenvalue weighted by Gasteiger charge is 2.15. The lowest BCUT2D eigenvalue weighted by Crippen LogP contribution is -2.33. The summed E-state index contributed by atoms with van der Waals surface area (Å²) in [6.45, 7) is 2.74. The Bertz CT molecular complexity index is 668. The normalized spacial score (nSPS) is 10.1. The molecule has 0 aliphatic carbocycles. The number of benzene rings is 2. The summed E-state index contributed by atoms with van der Waals surface area (Å²) in [5.74, 6) is 0.959. The average Bonchev–Trinajstić information content (AvgIpc) is 2.63. The van der Waals surface area contributed by atoms with E-state index in [1.165, 1.54) is 7.11 Å². The predicted octanol–water partition coefficient (Wildman–Crippen LogP) is 3.50. The molecule has 0 fully saturated rings. The van der Waals surface area contributed by atoms with Crippen LogP contribution in [0.4, 0.5) is 0 Å². The van der Waals surface area contributed by atoms with Crippen LogP contribution < -0.4 is 4.74 Å². The number of nitrogens with zero attached hydrogens (tertiary/aromatic N) is 1. The van der Waals surface area contributed by atoms with Gasteiger partial charge in [0.2, 0.25) is 0 Å². The molecule has 1 amide bonds. The van der Waals surface area contributed by atoms with Crippen molar-refractivity contribution in [2.45, 2.75) is 13.3 Å². The quantitative estimate of drug-likeness (QED) is 0.730. The lowest BCUT2D eigenvalue weighted by Gasteiger charge is -2.20. The molecule has 0 N–H and O–H groups in total. The Morgan fingerprint density at radius 2 is 1.58 bits per heavy atom. The van der Waals surface area contributed by atoms with Gasteiger partial charge < -0.3 is 14.4 Å². The molecule has 2 aromatic carbocycles. The molecule has 5 nitrogen and oxygen atoms in total. The third-order valence-electron chi connectivity index (χ3n) is 3.56. The number of esters is 1. The highest BCUT2D eigenvalue weighted by Crippen LogP contribution is 2.21. The highest BCUT2D eigenvalue weighted by molar-refractivity contribution is 5.94. The molecule has 0 spiro atoms. The maximum atomic E-state index is 12.5. The highest BCUT2D eigenvalue weighted by atomic mass is 16.5.